The smallest absolute Gasteiger partial charge is 0.00277 e. The number of hydrogen-bond donors (Lipinski definition) is 2. The average molecular weight is 124 g/mol. The van der Waals surface area contributed by atoms with Gasteiger partial charge in [-0.05, 0) is 18.5 Å². The Morgan fingerprint density at radius 1 is 1.44 bits per heavy atom. The summed E-state index contributed by atoms with van der Waals surface area (Å²) in [5.41, 5.74) is 0. The van der Waals surface area contributed by atoms with E-state index in [4.69, 9.17) is 5.41 Å². The summed E-state index contributed by atoms with van der Waals surface area (Å²) >= 11 is 0. The molecule has 50 valence electrons. The maximum absolute atomic E-state index is 6.67. The Morgan fingerprint density at radius 3 is 2.78 bits per heavy atom. The zero-order valence-electron chi connectivity index (χ0n) is 5.59. The first-order chi connectivity index (χ1) is 4.41. The maximum Gasteiger partial charge on any atom is 0.00277 e. The molecule has 2 nitrogen and oxygen atoms in total. The fourth-order valence-electron chi connectivity index (χ4n) is 0.377. The van der Waals surface area contributed by atoms with Gasteiger partial charge in [0.15, 0.2) is 0 Å². The van der Waals surface area contributed by atoms with Gasteiger partial charge in [-0.15, -0.1) is 0 Å². The van der Waals surface area contributed by atoms with Crippen LogP contribution in [0.4, 0.5) is 0 Å². The van der Waals surface area contributed by atoms with Crippen LogP contribution in [0.1, 0.15) is 6.42 Å². The summed E-state index contributed by atoms with van der Waals surface area (Å²) in [5.74, 6) is 0. The number of rotatable bonds is 4. The molecule has 0 unspecified atom stereocenters. The van der Waals surface area contributed by atoms with Crippen molar-refractivity contribution in [1.29, 1.82) is 5.41 Å². The van der Waals surface area contributed by atoms with Gasteiger partial charge in [0.1, 0.15) is 0 Å². The Kier molecular flexibility index (Phi) is 6.14. The van der Waals surface area contributed by atoms with Crippen LogP contribution < -0.4 is 5.32 Å². The Hall–Kier alpha value is -1.05. The summed E-state index contributed by atoms with van der Waals surface area (Å²) in [6.07, 6.45) is 9.63. The lowest BCUT2D eigenvalue weighted by Gasteiger charge is -1.79. The van der Waals surface area contributed by atoms with Crippen molar-refractivity contribution < 1.29 is 0 Å². The van der Waals surface area contributed by atoms with Crippen molar-refractivity contribution in [3.8, 4) is 0 Å². The van der Waals surface area contributed by atoms with Gasteiger partial charge in [0.2, 0.25) is 0 Å². The Balaban J connectivity index is 3.23. The van der Waals surface area contributed by atoms with E-state index in [-0.39, 0.29) is 0 Å². The van der Waals surface area contributed by atoms with E-state index in [0.29, 0.717) is 6.42 Å². The molecule has 0 aromatic heterocycles. The van der Waals surface area contributed by atoms with Crippen molar-refractivity contribution >= 4 is 6.21 Å². The standard InChI is InChI=1S/C7H12N2/c1-9-7-5-3-2-4-6-8/h2-3,5-9H,4H2,1H3/b3-2-,7-5-,8-6?. The molecule has 2 heteroatoms. The zero-order valence-corrected chi connectivity index (χ0v) is 5.59. The third-order valence-electron chi connectivity index (χ3n) is 0.764. The number of hydrogen-bond acceptors (Lipinski definition) is 2. The van der Waals surface area contributed by atoms with E-state index in [1.807, 2.05) is 31.5 Å². The average Bonchev–Trinajstić information content (AvgIpc) is 1.89. The van der Waals surface area contributed by atoms with Gasteiger partial charge in [-0.2, -0.15) is 0 Å². The third kappa shape index (κ3) is 6.95. The van der Waals surface area contributed by atoms with Crippen molar-refractivity contribution in [3.63, 3.8) is 0 Å². The molecule has 0 aliphatic heterocycles. The van der Waals surface area contributed by atoms with Crippen molar-refractivity contribution in [3.05, 3.63) is 24.4 Å². The van der Waals surface area contributed by atoms with E-state index in [0.717, 1.165) is 0 Å². The lowest BCUT2D eigenvalue weighted by molar-refractivity contribution is 1.10. The fraction of sp³-hybridized carbons (Fsp3) is 0.286. The van der Waals surface area contributed by atoms with E-state index in [9.17, 15) is 0 Å². The van der Waals surface area contributed by atoms with Gasteiger partial charge < -0.3 is 10.7 Å². The molecule has 2 N–H and O–H groups in total. The van der Waals surface area contributed by atoms with Crippen LogP contribution in [0.2, 0.25) is 0 Å². The Labute approximate surface area is 55.8 Å². The molecule has 0 aliphatic rings. The largest absolute Gasteiger partial charge is 0.394 e. The van der Waals surface area contributed by atoms with Gasteiger partial charge in [0, 0.05) is 13.5 Å². The van der Waals surface area contributed by atoms with Crippen LogP contribution in [0.25, 0.3) is 0 Å². The summed E-state index contributed by atoms with van der Waals surface area (Å²) in [4.78, 5) is 0. The molecular weight excluding hydrogens is 112 g/mol. The lowest BCUT2D eigenvalue weighted by Crippen LogP contribution is -1.89. The van der Waals surface area contributed by atoms with Gasteiger partial charge >= 0.3 is 0 Å². The minimum atomic E-state index is 0.716. The fourth-order valence-corrected chi connectivity index (χ4v) is 0.377. The highest BCUT2D eigenvalue weighted by Gasteiger charge is 1.64. The van der Waals surface area contributed by atoms with Gasteiger partial charge in [-0.3, -0.25) is 0 Å². The summed E-state index contributed by atoms with van der Waals surface area (Å²) in [6, 6.07) is 0. The molecule has 0 bridgehead atoms. The summed E-state index contributed by atoms with van der Waals surface area (Å²) in [6.45, 7) is 0. The molecule has 0 rings (SSSR count). The minimum absolute atomic E-state index is 0.716. The molecule has 0 saturated carbocycles. The molecule has 0 aliphatic carbocycles. The minimum Gasteiger partial charge on any atom is -0.394 e. The van der Waals surface area contributed by atoms with Gasteiger partial charge in [0.05, 0.1) is 0 Å². The van der Waals surface area contributed by atoms with E-state index >= 15 is 0 Å². The first-order valence-electron chi connectivity index (χ1n) is 2.89. The van der Waals surface area contributed by atoms with Crippen LogP contribution in [-0.4, -0.2) is 13.3 Å². The van der Waals surface area contributed by atoms with Gasteiger partial charge in [-0.1, -0.05) is 12.2 Å². The van der Waals surface area contributed by atoms with E-state index in [1.54, 1.807) is 0 Å². The predicted molar refractivity (Wildman–Crippen MR) is 40.7 cm³/mol. The van der Waals surface area contributed by atoms with E-state index < -0.39 is 0 Å². The second-order valence-electron chi connectivity index (χ2n) is 1.52. The van der Waals surface area contributed by atoms with Gasteiger partial charge in [-0.25, -0.2) is 0 Å². The number of nitrogens with one attached hydrogen (secondary N) is 2. The second-order valence-corrected chi connectivity index (χ2v) is 1.52. The van der Waals surface area contributed by atoms with Crippen LogP contribution in [0.3, 0.4) is 0 Å². The monoisotopic (exact) mass is 124 g/mol. The first-order valence-corrected chi connectivity index (χ1v) is 2.89. The van der Waals surface area contributed by atoms with Crippen LogP contribution in [0, 0.1) is 5.41 Å². The Morgan fingerprint density at radius 2 is 2.22 bits per heavy atom. The van der Waals surface area contributed by atoms with Crippen molar-refractivity contribution in [1.82, 2.24) is 5.32 Å². The molecule has 0 saturated heterocycles. The highest BCUT2D eigenvalue weighted by Crippen LogP contribution is 1.77. The van der Waals surface area contributed by atoms with Crippen molar-refractivity contribution in [2.24, 2.45) is 0 Å². The summed E-state index contributed by atoms with van der Waals surface area (Å²) < 4.78 is 0. The normalized spacial score (nSPS) is 10.8. The Bertz CT molecular complexity index is 114. The molecule has 0 radical (unpaired) electrons. The molecular formula is C7H12N2. The summed E-state index contributed by atoms with van der Waals surface area (Å²) in [5, 5.41) is 9.52. The molecule has 0 heterocycles. The highest BCUT2D eigenvalue weighted by atomic mass is 14.8. The van der Waals surface area contributed by atoms with Crippen LogP contribution in [-0.2, 0) is 0 Å². The second kappa shape index (κ2) is 6.95. The molecule has 0 aromatic carbocycles. The van der Waals surface area contributed by atoms with Gasteiger partial charge in [0.25, 0.3) is 0 Å². The quantitative estimate of drug-likeness (QED) is 0.430. The lowest BCUT2D eigenvalue weighted by atomic mass is 10.4. The maximum atomic E-state index is 6.67. The molecule has 9 heavy (non-hydrogen) atoms. The SMILES string of the molecule is CN/C=C\C=C/CC=N. The van der Waals surface area contributed by atoms with Crippen LogP contribution in [0.15, 0.2) is 24.4 Å². The molecule has 0 fully saturated rings. The van der Waals surface area contributed by atoms with E-state index in [2.05, 4.69) is 5.32 Å². The van der Waals surface area contributed by atoms with Crippen molar-refractivity contribution in [2.75, 3.05) is 7.05 Å². The topological polar surface area (TPSA) is 35.9 Å². The molecule has 0 amide bonds. The summed E-state index contributed by atoms with van der Waals surface area (Å²) in [7, 11) is 1.85. The zero-order chi connectivity index (χ0) is 6.95. The van der Waals surface area contributed by atoms with Crippen molar-refractivity contribution in [2.45, 2.75) is 6.42 Å². The number of allylic oxidation sites excluding steroid dienone is 3. The predicted octanol–water partition coefficient (Wildman–Crippen LogP) is 1.32. The molecule has 0 spiro atoms. The van der Waals surface area contributed by atoms with Crippen LogP contribution >= 0.6 is 0 Å². The highest BCUT2D eigenvalue weighted by molar-refractivity contribution is 5.55. The first kappa shape index (κ1) is 7.95. The molecule has 0 atom stereocenters. The van der Waals surface area contributed by atoms with E-state index in [1.165, 1.54) is 6.21 Å². The third-order valence-corrected chi connectivity index (χ3v) is 0.764. The van der Waals surface area contributed by atoms with Crippen LogP contribution in [0.5, 0.6) is 0 Å². The molecule has 0 aromatic rings.